The molecular weight excluding hydrogens is 426 g/mol. The predicted molar refractivity (Wildman–Crippen MR) is 110 cm³/mol. The van der Waals surface area contributed by atoms with Gasteiger partial charge in [-0.25, -0.2) is 0 Å². The van der Waals surface area contributed by atoms with Crippen molar-refractivity contribution in [1.82, 2.24) is 0 Å². The first-order valence-electron chi connectivity index (χ1n) is 10.2. The van der Waals surface area contributed by atoms with Crippen LogP contribution in [-0.2, 0) is 14.4 Å². The number of nitrogens with zero attached hydrogens (tertiary/aromatic N) is 1. The second-order valence-corrected chi connectivity index (χ2v) is 8.89. The minimum Gasteiger partial charge on any atom is -0.507 e. The fraction of sp³-hybridized carbons (Fsp3) is 0.500. The maximum atomic E-state index is 13.5. The molecule has 3 heterocycles. The predicted octanol–water partition coefficient (Wildman–Crippen LogP) is 3.39. The van der Waals surface area contributed by atoms with Crippen LogP contribution in [0.1, 0.15) is 48.5 Å². The highest BCUT2D eigenvalue weighted by atomic mass is 35.5. The molecule has 164 valence electrons. The number of methoxy groups -OCH3 is 1. The van der Waals surface area contributed by atoms with Crippen LogP contribution in [0, 0.1) is 5.92 Å². The summed E-state index contributed by atoms with van der Waals surface area (Å²) in [6, 6.07) is 1.65. The zero-order chi connectivity index (χ0) is 22.0. The molecule has 1 aliphatic carbocycles. The lowest BCUT2D eigenvalue weighted by Crippen LogP contribution is -2.51. The van der Waals surface area contributed by atoms with Crippen LogP contribution in [0.3, 0.4) is 0 Å². The number of ether oxygens (including phenoxy) is 3. The third-order valence-electron chi connectivity index (χ3n) is 6.67. The Bertz CT molecular complexity index is 1060. The number of aliphatic hydroxyl groups is 1. The Kier molecular flexibility index (Phi) is 4.57. The first kappa shape index (κ1) is 20.3. The smallest absolute Gasteiger partial charge is 0.230 e. The van der Waals surface area contributed by atoms with E-state index >= 15 is 0 Å². The van der Waals surface area contributed by atoms with E-state index in [9.17, 15) is 14.7 Å². The SMILES string of the molecule is COc1cc(C2=NOC3(CCOCC3)C2)c(Cl)c2c1C(=O)[C@@]1(O2)C(O)=CC(=O)C[C@H]1C. The molecule has 0 radical (unpaired) electrons. The Balaban J connectivity index is 1.58. The van der Waals surface area contributed by atoms with E-state index in [1.165, 1.54) is 7.11 Å². The number of aliphatic hydroxyl groups excluding tert-OH is 1. The Morgan fingerprint density at radius 1 is 1.29 bits per heavy atom. The summed E-state index contributed by atoms with van der Waals surface area (Å²) in [6.07, 6.45) is 3.12. The number of allylic oxidation sites excluding steroid dienone is 1. The van der Waals surface area contributed by atoms with Gasteiger partial charge in [0.25, 0.3) is 0 Å². The number of Topliss-reactive ketones (excluding diaryl/α,β-unsaturated/α-hetero) is 1. The van der Waals surface area contributed by atoms with Crippen LogP contribution in [0.15, 0.2) is 23.1 Å². The lowest BCUT2D eigenvalue weighted by atomic mass is 9.75. The molecule has 2 spiro atoms. The molecule has 1 aromatic rings. The number of ketones is 2. The van der Waals surface area contributed by atoms with Gasteiger partial charge in [0, 0.05) is 43.2 Å². The Labute approximate surface area is 183 Å². The van der Waals surface area contributed by atoms with Gasteiger partial charge in [0.2, 0.25) is 11.4 Å². The highest BCUT2D eigenvalue weighted by Gasteiger charge is 2.59. The summed E-state index contributed by atoms with van der Waals surface area (Å²) in [5.41, 5.74) is -0.773. The molecule has 9 heteroatoms. The van der Waals surface area contributed by atoms with E-state index in [0.29, 0.717) is 30.9 Å². The van der Waals surface area contributed by atoms with Crippen LogP contribution in [0.25, 0.3) is 0 Å². The van der Waals surface area contributed by atoms with E-state index in [0.717, 1.165) is 18.9 Å². The number of carbonyl (C=O) groups excluding carboxylic acids is 2. The molecule has 8 nitrogen and oxygen atoms in total. The number of hydrogen-bond donors (Lipinski definition) is 1. The van der Waals surface area contributed by atoms with Crippen molar-refractivity contribution in [2.75, 3.05) is 20.3 Å². The van der Waals surface area contributed by atoms with Crippen molar-refractivity contribution in [3.63, 3.8) is 0 Å². The average Bonchev–Trinajstić information content (AvgIpc) is 3.28. The largest absolute Gasteiger partial charge is 0.507 e. The van der Waals surface area contributed by atoms with Gasteiger partial charge in [0.05, 0.1) is 31.1 Å². The van der Waals surface area contributed by atoms with Crippen LogP contribution < -0.4 is 9.47 Å². The minimum absolute atomic E-state index is 0.0712. The van der Waals surface area contributed by atoms with Crippen molar-refractivity contribution >= 4 is 28.9 Å². The van der Waals surface area contributed by atoms with Crippen LogP contribution >= 0.6 is 11.6 Å². The second-order valence-electron chi connectivity index (χ2n) is 8.51. The summed E-state index contributed by atoms with van der Waals surface area (Å²) in [4.78, 5) is 31.1. The molecule has 4 aliphatic rings. The quantitative estimate of drug-likeness (QED) is 0.741. The van der Waals surface area contributed by atoms with E-state index in [4.69, 9.17) is 30.6 Å². The molecule has 0 aromatic heterocycles. The highest BCUT2D eigenvalue weighted by molar-refractivity contribution is 6.37. The fourth-order valence-electron chi connectivity index (χ4n) is 4.87. The summed E-state index contributed by atoms with van der Waals surface area (Å²) in [5, 5.41) is 15.1. The summed E-state index contributed by atoms with van der Waals surface area (Å²) < 4.78 is 17.0. The Hall–Kier alpha value is -2.58. The van der Waals surface area contributed by atoms with Crippen LogP contribution in [-0.4, -0.2) is 53.9 Å². The van der Waals surface area contributed by atoms with E-state index in [1.54, 1.807) is 13.0 Å². The zero-order valence-corrected chi connectivity index (χ0v) is 18.0. The van der Waals surface area contributed by atoms with Gasteiger partial charge in [-0.1, -0.05) is 23.7 Å². The van der Waals surface area contributed by atoms with Gasteiger partial charge in [0.1, 0.15) is 22.7 Å². The van der Waals surface area contributed by atoms with Crippen molar-refractivity contribution in [3.8, 4) is 11.5 Å². The summed E-state index contributed by atoms with van der Waals surface area (Å²) in [7, 11) is 1.45. The molecule has 0 bridgehead atoms. The molecule has 31 heavy (non-hydrogen) atoms. The Morgan fingerprint density at radius 3 is 2.71 bits per heavy atom. The van der Waals surface area contributed by atoms with Gasteiger partial charge in [-0.2, -0.15) is 0 Å². The molecule has 0 saturated carbocycles. The number of carbonyl (C=O) groups is 2. The third-order valence-corrected chi connectivity index (χ3v) is 7.04. The van der Waals surface area contributed by atoms with Crippen molar-refractivity contribution < 1.29 is 33.7 Å². The second kappa shape index (κ2) is 6.97. The number of hydrogen-bond acceptors (Lipinski definition) is 8. The normalized spacial score (nSPS) is 28.8. The topological polar surface area (TPSA) is 104 Å². The van der Waals surface area contributed by atoms with Crippen LogP contribution in [0.2, 0.25) is 5.02 Å². The van der Waals surface area contributed by atoms with Gasteiger partial charge >= 0.3 is 0 Å². The number of halogens is 1. The fourth-order valence-corrected chi connectivity index (χ4v) is 5.17. The molecule has 1 aromatic carbocycles. The molecule has 0 amide bonds. The average molecular weight is 448 g/mol. The van der Waals surface area contributed by atoms with E-state index < -0.39 is 28.7 Å². The molecule has 1 N–H and O–H groups in total. The molecule has 1 fully saturated rings. The maximum Gasteiger partial charge on any atom is 0.230 e. The van der Waals surface area contributed by atoms with Gasteiger partial charge in [-0.05, 0) is 6.07 Å². The lowest BCUT2D eigenvalue weighted by molar-refractivity contribution is -0.118. The molecule has 0 unspecified atom stereocenters. The van der Waals surface area contributed by atoms with Crippen molar-refractivity contribution in [3.05, 3.63) is 34.1 Å². The van der Waals surface area contributed by atoms with Crippen molar-refractivity contribution in [1.29, 1.82) is 0 Å². The van der Waals surface area contributed by atoms with Gasteiger partial charge in [0.15, 0.2) is 11.5 Å². The van der Waals surface area contributed by atoms with E-state index in [1.807, 2.05) is 0 Å². The first-order valence-corrected chi connectivity index (χ1v) is 10.6. The number of oxime groups is 1. The number of benzene rings is 1. The molecule has 2 atom stereocenters. The molecule has 1 saturated heterocycles. The summed E-state index contributed by atoms with van der Waals surface area (Å²) in [5.74, 6) is -1.35. The summed E-state index contributed by atoms with van der Waals surface area (Å²) in [6.45, 7) is 2.90. The van der Waals surface area contributed by atoms with E-state index in [-0.39, 0.29) is 34.3 Å². The van der Waals surface area contributed by atoms with E-state index in [2.05, 4.69) is 5.16 Å². The standard InChI is InChI=1S/C22H22ClNO7/c1-11-7-12(25)8-16(26)22(11)20(27)17-15(28-2)9-13(18(23)19(17)30-22)14-10-21(31-24-14)3-5-29-6-4-21/h8-9,11,26H,3-7,10H2,1-2H3/t11-,22+/m1/s1. The minimum atomic E-state index is -1.69. The monoisotopic (exact) mass is 447 g/mol. The summed E-state index contributed by atoms with van der Waals surface area (Å²) >= 11 is 6.72. The van der Waals surface area contributed by atoms with Crippen molar-refractivity contribution in [2.24, 2.45) is 11.1 Å². The number of rotatable bonds is 2. The highest BCUT2D eigenvalue weighted by Crippen LogP contribution is 2.53. The zero-order valence-electron chi connectivity index (χ0n) is 17.2. The van der Waals surface area contributed by atoms with Gasteiger partial charge < -0.3 is 24.2 Å². The maximum absolute atomic E-state index is 13.5. The third kappa shape index (κ3) is 2.81. The molecule has 5 rings (SSSR count). The molecule has 3 aliphatic heterocycles. The van der Waals surface area contributed by atoms with Gasteiger partial charge in [-0.3, -0.25) is 9.59 Å². The number of fused-ring (bicyclic) bond motifs is 1. The Morgan fingerprint density at radius 2 is 2.03 bits per heavy atom. The van der Waals surface area contributed by atoms with Crippen molar-refractivity contribution in [2.45, 2.75) is 43.8 Å². The van der Waals surface area contributed by atoms with Crippen LogP contribution in [0.4, 0.5) is 0 Å². The van der Waals surface area contributed by atoms with Crippen LogP contribution in [0.5, 0.6) is 11.5 Å². The van der Waals surface area contributed by atoms with Gasteiger partial charge in [-0.15, -0.1) is 0 Å². The lowest BCUT2D eigenvalue weighted by Gasteiger charge is -2.34. The first-order chi connectivity index (χ1) is 14.8. The molecular formula is C22H22ClNO7.